The summed E-state index contributed by atoms with van der Waals surface area (Å²) in [6.07, 6.45) is 4.41. The van der Waals surface area contributed by atoms with Crippen LogP contribution in [-0.2, 0) is 18.4 Å². The Balaban J connectivity index is 1.36. The number of hydrogen-bond acceptors (Lipinski definition) is 4. The van der Waals surface area contributed by atoms with Crippen molar-refractivity contribution in [3.05, 3.63) is 64.7 Å². The smallest absolute Gasteiger partial charge is 0.118 e. The standard InChI is InChI=1S/C23H29NO3/c1-27-21-9-7-20(8-10-21)23(26)11-13-24(14-12-23)16-22(25)19-6-5-17-3-2-4-18(17)15-19/h5-10,15,22,25-26H,2-4,11-14,16H2,1H3/t22-/m0/s1. The van der Waals surface area contributed by atoms with Crippen molar-refractivity contribution < 1.29 is 14.9 Å². The molecule has 2 aromatic carbocycles. The Kier molecular flexibility index (Phi) is 5.22. The van der Waals surface area contributed by atoms with Crippen molar-refractivity contribution in [2.45, 2.75) is 43.8 Å². The highest BCUT2D eigenvalue weighted by molar-refractivity contribution is 5.36. The first-order chi connectivity index (χ1) is 13.1. The zero-order chi connectivity index (χ0) is 18.9. The second-order valence-electron chi connectivity index (χ2n) is 7.96. The van der Waals surface area contributed by atoms with Crippen LogP contribution in [-0.4, -0.2) is 41.9 Å². The van der Waals surface area contributed by atoms with Gasteiger partial charge in [0.2, 0.25) is 0 Å². The van der Waals surface area contributed by atoms with Crippen LogP contribution in [0.1, 0.15) is 47.6 Å². The quantitative estimate of drug-likeness (QED) is 0.852. The van der Waals surface area contributed by atoms with E-state index in [4.69, 9.17) is 4.74 Å². The maximum atomic E-state index is 11.1. The van der Waals surface area contributed by atoms with E-state index in [0.29, 0.717) is 19.4 Å². The lowest BCUT2D eigenvalue weighted by atomic mass is 9.84. The van der Waals surface area contributed by atoms with Crippen molar-refractivity contribution in [2.24, 2.45) is 0 Å². The molecule has 4 heteroatoms. The number of fused-ring (bicyclic) bond motifs is 1. The lowest BCUT2D eigenvalue weighted by molar-refractivity contribution is -0.0345. The predicted molar refractivity (Wildman–Crippen MR) is 106 cm³/mol. The summed E-state index contributed by atoms with van der Waals surface area (Å²) in [6, 6.07) is 14.1. The number of β-amino-alcohol motifs (C(OH)–C–C–N with tert-alkyl or cyclic N) is 1. The first kappa shape index (κ1) is 18.5. The number of piperidine rings is 1. The molecule has 0 radical (unpaired) electrons. The van der Waals surface area contributed by atoms with Gasteiger partial charge in [-0.2, -0.15) is 0 Å². The van der Waals surface area contributed by atoms with Gasteiger partial charge in [-0.3, -0.25) is 0 Å². The molecular formula is C23H29NO3. The van der Waals surface area contributed by atoms with Crippen LogP contribution in [0, 0.1) is 0 Å². The predicted octanol–water partition coefficient (Wildman–Crippen LogP) is 3.20. The molecule has 4 rings (SSSR count). The molecule has 0 unspecified atom stereocenters. The maximum absolute atomic E-state index is 11.1. The Morgan fingerprint density at radius 3 is 2.44 bits per heavy atom. The van der Waals surface area contributed by atoms with Crippen molar-refractivity contribution in [3.63, 3.8) is 0 Å². The minimum absolute atomic E-state index is 0.469. The lowest BCUT2D eigenvalue weighted by Crippen LogP contribution is -2.43. The van der Waals surface area contributed by atoms with E-state index in [-0.39, 0.29) is 0 Å². The summed E-state index contributed by atoms with van der Waals surface area (Å²) in [5, 5.41) is 21.7. The number of aliphatic hydroxyl groups excluding tert-OH is 1. The Morgan fingerprint density at radius 1 is 1.04 bits per heavy atom. The van der Waals surface area contributed by atoms with E-state index in [1.807, 2.05) is 24.3 Å². The van der Waals surface area contributed by atoms with Crippen LogP contribution >= 0.6 is 0 Å². The van der Waals surface area contributed by atoms with Gasteiger partial charge < -0.3 is 19.8 Å². The number of nitrogens with zero attached hydrogens (tertiary/aromatic N) is 1. The number of ether oxygens (including phenoxy) is 1. The number of methoxy groups -OCH3 is 1. The summed E-state index contributed by atoms with van der Waals surface area (Å²) in [7, 11) is 1.65. The normalized spacial score (nSPS) is 20.3. The van der Waals surface area contributed by atoms with E-state index in [9.17, 15) is 10.2 Å². The summed E-state index contributed by atoms with van der Waals surface area (Å²) in [5.74, 6) is 0.803. The van der Waals surface area contributed by atoms with Crippen LogP contribution in [0.25, 0.3) is 0 Å². The van der Waals surface area contributed by atoms with E-state index < -0.39 is 11.7 Å². The minimum Gasteiger partial charge on any atom is -0.497 e. The molecule has 2 aromatic rings. The van der Waals surface area contributed by atoms with Gasteiger partial charge in [-0.05, 0) is 66.5 Å². The number of aliphatic hydroxyl groups is 2. The van der Waals surface area contributed by atoms with E-state index in [0.717, 1.165) is 36.4 Å². The first-order valence-corrected chi connectivity index (χ1v) is 9.96. The number of hydrogen-bond donors (Lipinski definition) is 2. The van der Waals surface area contributed by atoms with Crippen LogP contribution in [0.15, 0.2) is 42.5 Å². The summed E-state index contributed by atoms with van der Waals surface area (Å²) >= 11 is 0. The van der Waals surface area contributed by atoms with Crippen LogP contribution < -0.4 is 4.74 Å². The zero-order valence-electron chi connectivity index (χ0n) is 16.0. The third-order valence-corrected chi connectivity index (χ3v) is 6.25. The van der Waals surface area contributed by atoms with E-state index in [1.165, 1.54) is 24.0 Å². The second kappa shape index (κ2) is 7.63. The molecule has 4 nitrogen and oxygen atoms in total. The number of benzene rings is 2. The molecule has 1 fully saturated rings. The molecule has 2 aliphatic rings. The first-order valence-electron chi connectivity index (χ1n) is 9.96. The van der Waals surface area contributed by atoms with Gasteiger partial charge in [0.05, 0.1) is 18.8 Å². The van der Waals surface area contributed by atoms with Gasteiger partial charge in [0.1, 0.15) is 5.75 Å². The molecule has 0 saturated carbocycles. The molecule has 1 aliphatic heterocycles. The van der Waals surface area contributed by atoms with Crippen molar-refractivity contribution in [2.75, 3.05) is 26.7 Å². The molecule has 1 aliphatic carbocycles. The van der Waals surface area contributed by atoms with Crippen LogP contribution in [0.5, 0.6) is 5.75 Å². The highest BCUT2D eigenvalue weighted by atomic mass is 16.5. The number of aryl methyl sites for hydroxylation is 2. The molecule has 27 heavy (non-hydrogen) atoms. The van der Waals surface area contributed by atoms with Gasteiger partial charge in [0.25, 0.3) is 0 Å². The average Bonchev–Trinajstić information content (AvgIpc) is 3.18. The highest BCUT2D eigenvalue weighted by Gasteiger charge is 2.34. The van der Waals surface area contributed by atoms with Crippen molar-refractivity contribution in [1.82, 2.24) is 4.90 Å². The summed E-state index contributed by atoms with van der Waals surface area (Å²) in [6.45, 7) is 2.19. The topological polar surface area (TPSA) is 52.9 Å². The Bertz CT molecular complexity index is 779. The Labute approximate surface area is 161 Å². The SMILES string of the molecule is COc1ccc(C2(O)CCN(C[C@H](O)c3ccc4c(c3)CCC4)CC2)cc1. The largest absolute Gasteiger partial charge is 0.497 e. The molecule has 0 bridgehead atoms. The van der Waals surface area contributed by atoms with Gasteiger partial charge in [-0.1, -0.05) is 30.3 Å². The van der Waals surface area contributed by atoms with Crippen LogP contribution in [0.2, 0.25) is 0 Å². The molecule has 1 heterocycles. The third-order valence-electron chi connectivity index (χ3n) is 6.25. The second-order valence-corrected chi connectivity index (χ2v) is 7.96. The van der Waals surface area contributed by atoms with Crippen molar-refractivity contribution in [1.29, 1.82) is 0 Å². The average molecular weight is 367 g/mol. The van der Waals surface area contributed by atoms with E-state index in [1.54, 1.807) is 7.11 Å². The molecule has 0 spiro atoms. The highest BCUT2D eigenvalue weighted by Crippen LogP contribution is 2.34. The summed E-state index contributed by atoms with van der Waals surface area (Å²) < 4.78 is 5.20. The molecule has 2 N–H and O–H groups in total. The summed E-state index contributed by atoms with van der Waals surface area (Å²) in [5.41, 5.74) is 4.02. The zero-order valence-corrected chi connectivity index (χ0v) is 16.0. The van der Waals surface area contributed by atoms with Gasteiger partial charge in [-0.15, -0.1) is 0 Å². The molecule has 1 saturated heterocycles. The van der Waals surface area contributed by atoms with Crippen LogP contribution in [0.3, 0.4) is 0 Å². The van der Waals surface area contributed by atoms with Crippen molar-refractivity contribution in [3.8, 4) is 5.75 Å². The third kappa shape index (κ3) is 3.88. The number of likely N-dealkylation sites (tertiary alicyclic amines) is 1. The van der Waals surface area contributed by atoms with Gasteiger partial charge >= 0.3 is 0 Å². The lowest BCUT2D eigenvalue weighted by Gasteiger charge is -2.39. The fourth-order valence-electron chi connectivity index (χ4n) is 4.44. The fraction of sp³-hybridized carbons (Fsp3) is 0.478. The Hall–Kier alpha value is -1.88. The fourth-order valence-corrected chi connectivity index (χ4v) is 4.44. The summed E-state index contributed by atoms with van der Waals surface area (Å²) in [4.78, 5) is 2.26. The number of rotatable bonds is 5. The van der Waals surface area contributed by atoms with E-state index >= 15 is 0 Å². The van der Waals surface area contributed by atoms with Gasteiger partial charge in [0, 0.05) is 19.6 Å². The van der Waals surface area contributed by atoms with Gasteiger partial charge in [-0.25, -0.2) is 0 Å². The van der Waals surface area contributed by atoms with Crippen molar-refractivity contribution >= 4 is 0 Å². The van der Waals surface area contributed by atoms with Gasteiger partial charge in [0.15, 0.2) is 0 Å². The molecule has 1 atom stereocenters. The molecule has 0 aromatic heterocycles. The molecule has 0 amide bonds. The monoisotopic (exact) mass is 367 g/mol. The maximum Gasteiger partial charge on any atom is 0.118 e. The minimum atomic E-state index is -0.790. The Morgan fingerprint density at radius 2 is 1.74 bits per heavy atom. The van der Waals surface area contributed by atoms with E-state index in [2.05, 4.69) is 23.1 Å². The van der Waals surface area contributed by atoms with Crippen LogP contribution in [0.4, 0.5) is 0 Å². The molecule has 144 valence electrons. The molecular weight excluding hydrogens is 338 g/mol.